The first-order valence-electron chi connectivity index (χ1n) is 6.66. The van der Waals surface area contributed by atoms with Gasteiger partial charge < -0.3 is 15.0 Å². The molecule has 2 N–H and O–H groups in total. The maximum atomic E-state index is 5.89. The van der Waals surface area contributed by atoms with Gasteiger partial charge in [0.15, 0.2) is 0 Å². The van der Waals surface area contributed by atoms with Gasteiger partial charge in [0.05, 0.1) is 13.7 Å². The molecule has 20 heavy (non-hydrogen) atoms. The molecular weight excluding hydrogens is 248 g/mol. The summed E-state index contributed by atoms with van der Waals surface area (Å²) < 4.78 is 7.66. The number of aromatic nitrogens is 1. The molecular formula is C17H18N2O. The number of fused-ring (bicyclic) bond motifs is 1. The van der Waals surface area contributed by atoms with Crippen LogP contribution in [0.5, 0.6) is 5.75 Å². The molecule has 2 aromatic carbocycles. The molecule has 0 radical (unpaired) electrons. The van der Waals surface area contributed by atoms with Gasteiger partial charge in [0.25, 0.3) is 0 Å². The summed E-state index contributed by atoms with van der Waals surface area (Å²) >= 11 is 0. The van der Waals surface area contributed by atoms with Crippen LogP contribution in [-0.4, -0.2) is 11.7 Å². The van der Waals surface area contributed by atoms with E-state index in [1.165, 1.54) is 16.5 Å². The molecule has 1 heterocycles. The molecule has 0 atom stereocenters. The number of nitrogen functional groups attached to an aromatic ring is 1. The van der Waals surface area contributed by atoms with Crippen molar-refractivity contribution in [1.82, 2.24) is 4.57 Å². The van der Waals surface area contributed by atoms with Gasteiger partial charge in [-0.2, -0.15) is 0 Å². The number of aryl methyl sites for hydroxylation is 1. The van der Waals surface area contributed by atoms with Crippen molar-refractivity contribution in [3.63, 3.8) is 0 Å². The zero-order valence-electron chi connectivity index (χ0n) is 11.8. The Kier molecular flexibility index (Phi) is 3.11. The van der Waals surface area contributed by atoms with Crippen LogP contribution in [0, 0.1) is 6.92 Å². The number of hydrogen-bond acceptors (Lipinski definition) is 2. The summed E-state index contributed by atoms with van der Waals surface area (Å²) in [5.41, 5.74) is 10.3. The Morgan fingerprint density at radius 3 is 2.75 bits per heavy atom. The first kappa shape index (κ1) is 12.6. The van der Waals surface area contributed by atoms with Crippen molar-refractivity contribution >= 4 is 16.6 Å². The minimum Gasteiger partial charge on any atom is -0.496 e. The van der Waals surface area contributed by atoms with Gasteiger partial charge in [-0.15, -0.1) is 0 Å². The summed E-state index contributed by atoms with van der Waals surface area (Å²) in [7, 11) is 1.69. The van der Waals surface area contributed by atoms with Gasteiger partial charge in [-0.05, 0) is 36.8 Å². The number of nitrogens with zero attached hydrogens (tertiary/aromatic N) is 1. The third-order valence-electron chi connectivity index (χ3n) is 3.63. The van der Waals surface area contributed by atoms with Gasteiger partial charge in [-0.25, -0.2) is 0 Å². The highest BCUT2D eigenvalue weighted by atomic mass is 16.5. The summed E-state index contributed by atoms with van der Waals surface area (Å²) in [4.78, 5) is 0. The van der Waals surface area contributed by atoms with E-state index in [0.717, 1.165) is 23.5 Å². The van der Waals surface area contributed by atoms with Crippen LogP contribution in [0.3, 0.4) is 0 Å². The number of methoxy groups -OCH3 is 1. The fraction of sp³-hybridized carbons (Fsp3) is 0.176. The van der Waals surface area contributed by atoms with E-state index in [9.17, 15) is 0 Å². The Morgan fingerprint density at radius 1 is 1.15 bits per heavy atom. The first-order chi connectivity index (χ1) is 9.69. The zero-order valence-corrected chi connectivity index (χ0v) is 11.8. The number of ether oxygens (including phenoxy) is 1. The zero-order chi connectivity index (χ0) is 14.1. The lowest BCUT2D eigenvalue weighted by Crippen LogP contribution is -2.01. The predicted molar refractivity (Wildman–Crippen MR) is 83.2 cm³/mol. The predicted octanol–water partition coefficient (Wildman–Crippen LogP) is 3.59. The molecule has 0 unspecified atom stereocenters. The normalized spacial score (nSPS) is 10.9. The molecule has 3 aromatic rings. The van der Waals surface area contributed by atoms with Crippen molar-refractivity contribution in [1.29, 1.82) is 0 Å². The lowest BCUT2D eigenvalue weighted by Gasteiger charge is -2.11. The summed E-state index contributed by atoms with van der Waals surface area (Å²) in [6.07, 6.45) is 2.17. The lowest BCUT2D eigenvalue weighted by atomic mass is 10.1. The van der Waals surface area contributed by atoms with Crippen molar-refractivity contribution in [2.45, 2.75) is 13.5 Å². The van der Waals surface area contributed by atoms with Crippen LogP contribution in [0.25, 0.3) is 10.9 Å². The maximum Gasteiger partial charge on any atom is 0.124 e. The molecule has 1 aromatic heterocycles. The molecule has 3 heteroatoms. The molecule has 0 aliphatic carbocycles. The SMILES string of the molecule is COc1ccc(N)cc1Cn1cc(C)c2ccccc21. The topological polar surface area (TPSA) is 40.2 Å². The number of nitrogens with two attached hydrogens (primary N) is 1. The highest BCUT2D eigenvalue weighted by Gasteiger charge is 2.08. The van der Waals surface area contributed by atoms with Crippen LogP contribution in [0.2, 0.25) is 0 Å². The average Bonchev–Trinajstić information content (AvgIpc) is 2.76. The van der Waals surface area contributed by atoms with Crippen molar-refractivity contribution in [2.24, 2.45) is 0 Å². The van der Waals surface area contributed by atoms with E-state index in [1.807, 2.05) is 18.2 Å². The molecule has 0 aliphatic rings. The number of benzene rings is 2. The van der Waals surface area contributed by atoms with Crippen LogP contribution in [0.1, 0.15) is 11.1 Å². The lowest BCUT2D eigenvalue weighted by molar-refractivity contribution is 0.408. The Bertz CT molecular complexity index is 759. The van der Waals surface area contributed by atoms with E-state index in [-0.39, 0.29) is 0 Å². The minimum atomic E-state index is 0.753. The van der Waals surface area contributed by atoms with Crippen molar-refractivity contribution in [3.8, 4) is 5.75 Å². The Labute approximate surface area is 118 Å². The Balaban J connectivity index is 2.08. The fourth-order valence-electron chi connectivity index (χ4n) is 2.67. The van der Waals surface area contributed by atoms with E-state index in [1.54, 1.807) is 7.11 Å². The van der Waals surface area contributed by atoms with Crippen LogP contribution in [0.15, 0.2) is 48.7 Å². The highest BCUT2D eigenvalue weighted by Crippen LogP contribution is 2.26. The monoisotopic (exact) mass is 266 g/mol. The van der Waals surface area contributed by atoms with Crippen molar-refractivity contribution in [2.75, 3.05) is 12.8 Å². The second kappa shape index (κ2) is 4.93. The van der Waals surface area contributed by atoms with Gasteiger partial charge in [0.1, 0.15) is 5.75 Å². The molecule has 0 bridgehead atoms. The molecule has 0 amide bonds. The van der Waals surface area contributed by atoms with E-state index in [2.05, 4.69) is 42.0 Å². The van der Waals surface area contributed by atoms with Crippen LogP contribution < -0.4 is 10.5 Å². The summed E-state index contributed by atoms with van der Waals surface area (Å²) in [6.45, 7) is 2.89. The van der Waals surface area contributed by atoms with Gasteiger partial charge >= 0.3 is 0 Å². The second-order valence-corrected chi connectivity index (χ2v) is 5.03. The smallest absolute Gasteiger partial charge is 0.124 e. The molecule has 0 saturated carbocycles. The third kappa shape index (κ3) is 2.11. The number of para-hydroxylation sites is 1. The largest absolute Gasteiger partial charge is 0.496 e. The van der Waals surface area contributed by atoms with Gasteiger partial charge in [0.2, 0.25) is 0 Å². The molecule has 0 spiro atoms. The van der Waals surface area contributed by atoms with E-state index >= 15 is 0 Å². The number of anilines is 1. The molecule has 3 nitrogen and oxygen atoms in total. The van der Waals surface area contributed by atoms with Gasteiger partial charge in [-0.1, -0.05) is 18.2 Å². The van der Waals surface area contributed by atoms with Crippen LogP contribution >= 0.6 is 0 Å². The molecule has 0 saturated heterocycles. The van der Waals surface area contributed by atoms with Crippen molar-refractivity contribution < 1.29 is 4.74 Å². The van der Waals surface area contributed by atoms with Gasteiger partial charge in [-0.3, -0.25) is 0 Å². The Morgan fingerprint density at radius 2 is 1.95 bits per heavy atom. The van der Waals surface area contributed by atoms with Crippen LogP contribution in [0.4, 0.5) is 5.69 Å². The summed E-state index contributed by atoms with van der Waals surface area (Å²) in [5.74, 6) is 0.870. The fourth-order valence-corrected chi connectivity index (χ4v) is 2.67. The number of rotatable bonds is 3. The van der Waals surface area contributed by atoms with Crippen LogP contribution in [-0.2, 0) is 6.54 Å². The highest BCUT2D eigenvalue weighted by molar-refractivity contribution is 5.83. The first-order valence-corrected chi connectivity index (χ1v) is 6.66. The van der Waals surface area contributed by atoms with Crippen molar-refractivity contribution in [3.05, 3.63) is 59.8 Å². The van der Waals surface area contributed by atoms with Gasteiger partial charge in [0, 0.05) is 28.4 Å². The molecule has 3 rings (SSSR count). The summed E-state index contributed by atoms with van der Waals surface area (Å²) in [5, 5.41) is 1.29. The second-order valence-electron chi connectivity index (χ2n) is 5.03. The maximum absolute atomic E-state index is 5.89. The van der Waals surface area contributed by atoms with E-state index in [0.29, 0.717) is 0 Å². The van der Waals surface area contributed by atoms with E-state index in [4.69, 9.17) is 10.5 Å². The van der Waals surface area contributed by atoms with E-state index < -0.39 is 0 Å². The number of hydrogen-bond donors (Lipinski definition) is 1. The quantitative estimate of drug-likeness (QED) is 0.736. The molecule has 0 fully saturated rings. The molecule has 102 valence electrons. The standard InChI is InChI=1S/C17H18N2O/c1-12-10-19(16-6-4-3-5-15(12)16)11-13-9-14(18)7-8-17(13)20-2/h3-10H,11,18H2,1-2H3. The summed E-state index contributed by atoms with van der Waals surface area (Å²) in [6, 6.07) is 14.2. The Hall–Kier alpha value is -2.42. The molecule has 0 aliphatic heterocycles. The minimum absolute atomic E-state index is 0.753. The average molecular weight is 266 g/mol. The third-order valence-corrected chi connectivity index (χ3v) is 3.63.